The maximum atomic E-state index is 12.6. The molecule has 8 nitrogen and oxygen atoms in total. The molecule has 2 aromatic heterocycles. The third-order valence-electron chi connectivity index (χ3n) is 4.98. The zero-order valence-corrected chi connectivity index (χ0v) is 16.3. The number of aromatic nitrogens is 4. The van der Waals surface area contributed by atoms with Crippen LogP contribution in [0, 0.1) is 0 Å². The number of methoxy groups -OCH3 is 1. The van der Waals surface area contributed by atoms with E-state index < -0.39 is 0 Å². The van der Waals surface area contributed by atoms with E-state index in [-0.39, 0.29) is 12.0 Å². The summed E-state index contributed by atoms with van der Waals surface area (Å²) in [4.78, 5) is 14.5. The molecule has 1 aliphatic heterocycles. The topological polar surface area (TPSA) is 82.4 Å². The second-order valence-corrected chi connectivity index (χ2v) is 6.87. The molecule has 0 atom stereocenters. The van der Waals surface area contributed by atoms with Gasteiger partial charge in [-0.2, -0.15) is 5.10 Å². The molecular weight excluding hydrogens is 370 g/mol. The van der Waals surface area contributed by atoms with Gasteiger partial charge in [0, 0.05) is 50.0 Å². The van der Waals surface area contributed by atoms with Crippen LogP contribution in [-0.2, 0) is 11.2 Å². The molecule has 0 radical (unpaired) electrons. The number of carbonyl (C=O) groups is 1. The van der Waals surface area contributed by atoms with Gasteiger partial charge in [-0.15, -0.1) is 10.2 Å². The number of nitrogens with zero attached hydrogens (tertiary/aromatic N) is 5. The summed E-state index contributed by atoms with van der Waals surface area (Å²) in [5.41, 5.74) is 0.908. The second-order valence-electron chi connectivity index (χ2n) is 6.87. The lowest BCUT2D eigenvalue weighted by atomic mass is 10.1. The van der Waals surface area contributed by atoms with Gasteiger partial charge in [-0.1, -0.05) is 18.2 Å². The Bertz CT molecular complexity index is 935. The van der Waals surface area contributed by atoms with Crippen molar-refractivity contribution in [2.75, 3.05) is 20.2 Å². The summed E-state index contributed by atoms with van der Waals surface area (Å²) >= 11 is 0. The smallest absolute Gasteiger partial charge is 0.233 e. The van der Waals surface area contributed by atoms with Crippen LogP contribution < -0.4 is 9.47 Å². The van der Waals surface area contributed by atoms with Crippen LogP contribution in [0.3, 0.4) is 0 Å². The molecule has 3 aromatic rings. The third kappa shape index (κ3) is 4.53. The Morgan fingerprint density at radius 2 is 1.93 bits per heavy atom. The van der Waals surface area contributed by atoms with Gasteiger partial charge in [0.2, 0.25) is 11.8 Å². The Hall–Kier alpha value is -3.42. The molecule has 1 amide bonds. The SMILES string of the molecule is COc1ccccc1CC(=O)N1CCC(Oc2ccc(-n3cccn3)nn2)CC1. The lowest BCUT2D eigenvalue weighted by molar-refractivity contribution is -0.132. The van der Waals surface area contributed by atoms with Crippen LogP contribution in [0.4, 0.5) is 0 Å². The van der Waals surface area contributed by atoms with E-state index in [0.29, 0.717) is 31.2 Å². The van der Waals surface area contributed by atoms with E-state index in [4.69, 9.17) is 9.47 Å². The fourth-order valence-corrected chi connectivity index (χ4v) is 3.42. The van der Waals surface area contributed by atoms with E-state index in [1.165, 1.54) is 0 Å². The number of piperidine rings is 1. The normalized spacial score (nSPS) is 14.6. The number of para-hydroxylation sites is 1. The summed E-state index contributed by atoms with van der Waals surface area (Å²) in [7, 11) is 1.62. The number of carbonyl (C=O) groups excluding carboxylic acids is 1. The zero-order valence-electron chi connectivity index (χ0n) is 16.3. The van der Waals surface area contributed by atoms with Crippen LogP contribution in [0.1, 0.15) is 18.4 Å². The highest BCUT2D eigenvalue weighted by Gasteiger charge is 2.25. The van der Waals surface area contributed by atoms with Crippen LogP contribution in [0.5, 0.6) is 11.6 Å². The number of benzene rings is 1. The highest BCUT2D eigenvalue weighted by atomic mass is 16.5. The minimum atomic E-state index is 0.0233. The van der Waals surface area contributed by atoms with E-state index in [1.54, 1.807) is 24.1 Å². The van der Waals surface area contributed by atoms with Crippen LogP contribution in [-0.4, -0.2) is 57.1 Å². The lowest BCUT2D eigenvalue weighted by Crippen LogP contribution is -2.42. The molecule has 1 aromatic carbocycles. The maximum absolute atomic E-state index is 12.6. The molecule has 0 spiro atoms. The molecule has 29 heavy (non-hydrogen) atoms. The monoisotopic (exact) mass is 393 g/mol. The van der Waals surface area contributed by atoms with Crippen molar-refractivity contribution < 1.29 is 14.3 Å². The Morgan fingerprint density at radius 1 is 1.10 bits per heavy atom. The third-order valence-corrected chi connectivity index (χ3v) is 4.98. The molecule has 0 unspecified atom stereocenters. The van der Waals surface area contributed by atoms with Gasteiger partial charge in [0.05, 0.1) is 13.5 Å². The quantitative estimate of drug-likeness (QED) is 0.639. The van der Waals surface area contributed by atoms with Crippen molar-refractivity contribution in [2.24, 2.45) is 0 Å². The molecule has 4 rings (SSSR count). The van der Waals surface area contributed by atoms with Crippen molar-refractivity contribution in [1.29, 1.82) is 0 Å². The average molecular weight is 393 g/mol. The number of hydrogen-bond donors (Lipinski definition) is 0. The molecule has 1 fully saturated rings. The standard InChI is InChI=1S/C21H23N5O3/c1-28-18-6-3-2-5-16(18)15-21(27)25-13-9-17(10-14-25)29-20-8-7-19(23-24-20)26-12-4-11-22-26/h2-8,11-12,17H,9-10,13-15H2,1H3. The van der Waals surface area contributed by atoms with E-state index in [2.05, 4.69) is 15.3 Å². The van der Waals surface area contributed by atoms with Crippen LogP contribution >= 0.6 is 0 Å². The van der Waals surface area contributed by atoms with Gasteiger partial charge < -0.3 is 14.4 Å². The van der Waals surface area contributed by atoms with Gasteiger partial charge in [-0.05, 0) is 18.2 Å². The summed E-state index contributed by atoms with van der Waals surface area (Å²) in [5, 5.41) is 12.4. The first kappa shape index (κ1) is 18.9. The summed E-state index contributed by atoms with van der Waals surface area (Å²) in [5.74, 6) is 1.98. The number of ether oxygens (including phenoxy) is 2. The van der Waals surface area contributed by atoms with E-state index in [0.717, 1.165) is 24.2 Å². The largest absolute Gasteiger partial charge is 0.496 e. The molecule has 1 aliphatic rings. The van der Waals surface area contributed by atoms with E-state index in [9.17, 15) is 4.79 Å². The molecule has 0 aliphatic carbocycles. The summed E-state index contributed by atoms with van der Waals surface area (Å²) in [6, 6.07) is 13.1. The van der Waals surface area contributed by atoms with Gasteiger partial charge in [0.1, 0.15) is 11.9 Å². The van der Waals surface area contributed by atoms with Gasteiger partial charge in [0.15, 0.2) is 5.82 Å². The van der Waals surface area contributed by atoms with Gasteiger partial charge in [-0.3, -0.25) is 4.79 Å². The summed E-state index contributed by atoms with van der Waals surface area (Å²) in [6.45, 7) is 1.33. The highest BCUT2D eigenvalue weighted by Crippen LogP contribution is 2.21. The molecule has 0 N–H and O–H groups in total. The average Bonchev–Trinajstić information content (AvgIpc) is 3.30. The van der Waals surface area contributed by atoms with E-state index >= 15 is 0 Å². The molecule has 3 heterocycles. The summed E-state index contributed by atoms with van der Waals surface area (Å²) in [6.07, 6.45) is 5.39. The van der Waals surface area contributed by atoms with E-state index in [1.807, 2.05) is 47.5 Å². The fraction of sp³-hybridized carbons (Fsp3) is 0.333. The van der Waals surface area contributed by atoms with Crippen molar-refractivity contribution in [2.45, 2.75) is 25.4 Å². The first-order chi connectivity index (χ1) is 14.2. The van der Waals surface area contributed by atoms with Gasteiger partial charge >= 0.3 is 0 Å². The minimum absolute atomic E-state index is 0.0233. The maximum Gasteiger partial charge on any atom is 0.233 e. The van der Waals surface area contributed by atoms with Crippen molar-refractivity contribution in [3.63, 3.8) is 0 Å². The first-order valence-corrected chi connectivity index (χ1v) is 9.63. The number of amides is 1. The molecule has 0 saturated carbocycles. The predicted octanol–water partition coefficient (Wildman–Crippen LogP) is 2.28. The van der Waals surface area contributed by atoms with Crippen LogP contribution in [0.25, 0.3) is 5.82 Å². The Labute approximate surface area is 169 Å². The Balaban J connectivity index is 1.28. The van der Waals surface area contributed by atoms with Crippen molar-refractivity contribution in [3.8, 4) is 17.4 Å². The predicted molar refractivity (Wildman–Crippen MR) is 106 cm³/mol. The Morgan fingerprint density at radius 3 is 2.62 bits per heavy atom. The number of hydrogen-bond acceptors (Lipinski definition) is 6. The molecular formula is C21H23N5O3. The van der Waals surface area contributed by atoms with Crippen LogP contribution in [0.15, 0.2) is 54.9 Å². The number of likely N-dealkylation sites (tertiary alicyclic amines) is 1. The highest BCUT2D eigenvalue weighted by molar-refractivity contribution is 5.79. The Kier molecular flexibility index (Phi) is 5.69. The minimum Gasteiger partial charge on any atom is -0.496 e. The van der Waals surface area contributed by atoms with Crippen molar-refractivity contribution >= 4 is 5.91 Å². The van der Waals surface area contributed by atoms with Crippen LogP contribution in [0.2, 0.25) is 0 Å². The van der Waals surface area contributed by atoms with Crippen molar-refractivity contribution in [3.05, 3.63) is 60.4 Å². The molecule has 1 saturated heterocycles. The van der Waals surface area contributed by atoms with Gasteiger partial charge in [0.25, 0.3) is 0 Å². The zero-order chi connectivity index (χ0) is 20.1. The molecule has 0 bridgehead atoms. The van der Waals surface area contributed by atoms with Crippen molar-refractivity contribution in [1.82, 2.24) is 24.9 Å². The first-order valence-electron chi connectivity index (χ1n) is 9.63. The van der Waals surface area contributed by atoms with Gasteiger partial charge in [-0.25, -0.2) is 4.68 Å². The molecule has 8 heteroatoms. The fourth-order valence-electron chi connectivity index (χ4n) is 3.42. The lowest BCUT2D eigenvalue weighted by Gasteiger charge is -2.32. The molecule has 150 valence electrons. The second kappa shape index (κ2) is 8.72. The summed E-state index contributed by atoms with van der Waals surface area (Å²) < 4.78 is 12.9. The number of rotatable bonds is 6.